The van der Waals surface area contributed by atoms with E-state index < -0.39 is 0 Å². The molecule has 0 aromatic heterocycles. The summed E-state index contributed by atoms with van der Waals surface area (Å²) >= 11 is 0. The summed E-state index contributed by atoms with van der Waals surface area (Å²) in [6.07, 6.45) is 14.0. The van der Waals surface area contributed by atoms with E-state index in [1.807, 2.05) is 0 Å². The molecular weight excluding hydrogens is 364 g/mol. The lowest BCUT2D eigenvalue weighted by molar-refractivity contribution is -0.0577. The molecule has 0 bridgehead atoms. The number of aliphatic hydroxyl groups excluding tert-OH is 1. The third-order valence-electron chi connectivity index (χ3n) is 10.9. The Morgan fingerprint density at radius 3 is 2.50 bits per heavy atom. The molecule has 9 atom stereocenters. The minimum absolute atomic E-state index is 0.0889. The fraction of sp³-hybridized carbons (Fsp3) is 0.862. The Morgan fingerprint density at radius 2 is 1.80 bits per heavy atom. The summed E-state index contributed by atoms with van der Waals surface area (Å²) in [4.78, 5) is 0. The Bertz CT molecular complexity index is 688. The van der Waals surface area contributed by atoms with Gasteiger partial charge in [0.15, 0.2) is 0 Å². The zero-order chi connectivity index (χ0) is 21.8. The molecule has 1 heteroatoms. The highest BCUT2D eigenvalue weighted by atomic mass is 16.3. The zero-order valence-corrected chi connectivity index (χ0v) is 20.7. The first-order valence-electron chi connectivity index (χ1n) is 13.1. The van der Waals surface area contributed by atoms with Gasteiger partial charge in [0.2, 0.25) is 0 Å². The normalized spacial score (nSPS) is 45.2. The van der Waals surface area contributed by atoms with Crippen LogP contribution in [0.2, 0.25) is 0 Å². The predicted octanol–water partition coefficient (Wildman–Crippen LogP) is 7.80. The minimum Gasteiger partial charge on any atom is -0.393 e. The lowest BCUT2D eigenvalue weighted by Crippen LogP contribution is -2.50. The van der Waals surface area contributed by atoms with Crippen LogP contribution in [0.5, 0.6) is 0 Å². The maximum Gasteiger partial charge on any atom is 0.0577 e. The van der Waals surface area contributed by atoms with E-state index in [-0.39, 0.29) is 6.10 Å². The van der Waals surface area contributed by atoms with Gasteiger partial charge in [-0.25, -0.2) is 0 Å². The molecule has 4 aliphatic carbocycles. The molecule has 0 spiro atoms. The molecule has 4 rings (SSSR count). The van der Waals surface area contributed by atoms with E-state index in [4.69, 9.17) is 0 Å². The summed E-state index contributed by atoms with van der Waals surface area (Å²) in [6.45, 7) is 19.2. The Balaban J connectivity index is 1.51. The molecular formula is C29H48O. The van der Waals surface area contributed by atoms with Gasteiger partial charge in [-0.15, -0.1) is 0 Å². The second-order valence-electron chi connectivity index (χ2n) is 12.7. The lowest BCUT2D eigenvalue weighted by atomic mass is 9.47. The SMILES string of the molecule is C=C(C(C)C)C(C)CC(C)[C@H]1CCC2C3CC=C4C[C@@H](O)CC[C@]4(C)C3CC[C@@]21C. The summed E-state index contributed by atoms with van der Waals surface area (Å²) in [6, 6.07) is 0. The Hall–Kier alpha value is -0.560. The number of rotatable bonds is 5. The molecule has 0 heterocycles. The summed E-state index contributed by atoms with van der Waals surface area (Å²) in [7, 11) is 0. The van der Waals surface area contributed by atoms with Crippen LogP contribution in [0.3, 0.4) is 0 Å². The van der Waals surface area contributed by atoms with Gasteiger partial charge in [-0.05, 0) is 110 Å². The quantitative estimate of drug-likeness (QED) is 0.457. The van der Waals surface area contributed by atoms with E-state index in [1.54, 1.807) is 5.57 Å². The van der Waals surface area contributed by atoms with Crippen LogP contribution in [0, 0.1) is 52.3 Å². The molecule has 0 saturated heterocycles. The molecule has 0 aromatic carbocycles. The van der Waals surface area contributed by atoms with Gasteiger partial charge in [-0.2, -0.15) is 0 Å². The summed E-state index contributed by atoms with van der Waals surface area (Å²) in [5.41, 5.74) is 3.96. The van der Waals surface area contributed by atoms with Crippen molar-refractivity contribution in [2.75, 3.05) is 0 Å². The Kier molecular flexibility index (Phi) is 6.10. The Labute approximate surface area is 186 Å². The predicted molar refractivity (Wildman–Crippen MR) is 128 cm³/mol. The molecule has 30 heavy (non-hydrogen) atoms. The summed E-state index contributed by atoms with van der Waals surface area (Å²) in [5.74, 6) is 5.59. The van der Waals surface area contributed by atoms with Crippen molar-refractivity contribution in [1.29, 1.82) is 0 Å². The Morgan fingerprint density at radius 1 is 1.07 bits per heavy atom. The molecule has 0 radical (unpaired) electrons. The number of allylic oxidation sites excluding steroid dienone is 2. The topological polar surface area (TPSA) is 20.2 Å². The lowest BCUT2D eigenvalue weighted by Gasteiger charge is -2.58. The van der Waals surface area contributed by atoms with Crippen molar-refractivity contribution in [2.45, 2.75) is 105 Å². The minimum atomic E-state index is -0.0889. The van der Waals surface area contributed by atoms with Crippen molar-refractivity contribution < 1.29 is 5.11 Å². The molecule has 3 fully saturated rings. The van der Waals surface area contributed by atoms with Gasteiger partial charge in [-0.1, -0.05) is 65.3 Å². The van der Waals surface area contributed by atoms with Crippen molar-refractivity contribution in [3.63, 3.8) is 0 Å². The average Bonchev–Trinajstić information content (AvgIpc) is 3.05. The first-order valence-corrected chi connectivity index (χ1v) is 13.1. The van der Waals surface area contributed by atoms with Crippen LogP contribution in [0.15, 0.2) is 23.8 Å². The van der Waals surface area contributed by atoms with Gasteiger partial charge in [0.05, 0.1) is 6.10 Å². The third-order valence-corrected chi connectivity index (χ3v) is 10.9. The van der Waals surface area contributed by atoms with Crippen LogP contribution in [-0.2, 0) is 0 Å². The van der Waals surface area contributed by atoms with Gasteiger partial charge < -0.3 is 5.11 Å². The van der Waals surface area contributed by atoms with Crippen molar-refractivity contribution in [3.05, 3.63) is 23.8 Å². The van der Waals surface area contributed by atoms with Gasteiger partial charge >= 0.3 is 0 Å². The molecule has 5 unspecified atom stereocenters. The average molecular weight is 413 g/mol. The number of fused-ring (bicyclic) bond motifs is 5. The molecule has 1 N–H and O–H groups in total. The van der Waals surface area contributed by atoms with E-state index in [1.165, 1.54) is 50.5 Å². The second kappa shape index (κ2) is 8.09. The van der Waals surface area contributed by atoms with Crippen molar-refractivity contribution in [2.24, 2.45) is 52.3 Å². The smallest absolute Gasteiger partial charge is 0.0577 e. The molecule has 3 saturated carbocycles. The van der Waals surface area contributed by atoms with E-state index in [0.29, 0.717) is 22.7 Å². The number of hydrogen-bond donors (Lipinski definition) is 1. The first kappa shape index (κ1) is 22.6. The monoisotopic (exact) mass is 412 g/mol. The molecule has 4 aliphatic rings. The highest BCUT2D eigenvalue weighted by Gasteiger charge is 2.59. The van der Waals surface area contributed by atoms with E-state index in [2.05, 4.69) is 54.2 Å². The third kappa shape index (κ3) is 3.56. The number of hydrogen-bond acceptors (Lipinski definition) is 1. The highest BCUT2D eigenvalue weighted by Crippen LogP contribution is 2.67. The zero-order valence-electron chi connectivity index (χ0n) is 20.7. The van der Waals surface area contributed by atoms with Crippen LogP contribution in [0.25, 0.3) is 0 Å². The highest BCUT2D eigenvalue weighted by molar-refractivity contribution is 5.25. The molecule has 0 aromatic rings. The largest absolute Gasteiger partial charge is 0.393 e. The van der Waals surface area contributed by atoms with Crippen LogP contribution < -0.4 is 0 Å². The molecule has 1 nitrogen and oxygen atoms in total. The van der Waals surface area contributed by atoms with Gasteiger partial charge in [-0.3, -0.25) is 0 Å². The van der Waals surface area contributed by atoms with Crippen LogP contribution in [0.4, 0.5) is 0 Å². The molecule has 0 aliphatic heterocycles. The van der Waals surface area contributed by atoms with Crippen LogP contribution in [-0.4, -0.2) is 11.2 Å². The summed E-state index contributed by atoms with van der Waals surface area (Å²) in [5, 5.41) is 10.2. The van der Waals surface area contributed by atoms with E-state index >= 15 is 0 Å². The molecule has 0 amide bonds. The van der Waals surface area contributed by atoms with Crippen molar-refractivity contribution in [1.82, 2.24) is 0 Å². The van der Waals surface area contributed by atoms with Gasteiger partial charge in [0.25, 0.3) is 0 Å². The molecule has 170 valence electrons. The standard InChI is InChI=1S/C29H48O/c1-18(2)21(5)19(3)16-20(4)25-10-11-26-24-9-8-22-17-23(30)12-14-28(22,6)27(24)13-15-29(25,26)7/h8,18-20,23-27,30H,5,9-17H2,1-4,6-7H3/t19?,20?,23-,24?,25+,26?,27?,28-,29+/m0/s1. The van der Waals surface area contributed by atoms with Gasteiger partial charge in [0.1, 0.15) is 0 Å². The van der Waals surface area contributed by atoms with Crippen molar-refractivity contribution >= 4 is 0 Å². The fourth-order valence-electron chi connectivity index (χ4n) is 9.06. The van der Waals surface area contributed by atoms with Crippen LogP contribution >= 0.6 is 0 Å². The number of aliphatic hydroxyl groups is 1. The van der Waals surface area contributed by atoms with Crippen molar-refractivity contribution in [3.8, 4) is 0 Å². The summed E-state index contributed by atoms with van der Waals surface area (Å²) < 4.78 is 0. The maximum atomic E-state index is 10.2. The second-order valence-corrected chi connectivity index (χ2v) is 12.7. The maximum absolute atomic E-state index is 10.2. The van der Waals surface area contributed by atoms with E-state index in [9.17, 15) is 5.11 Å². The van der Waals surface area contributed by atoms with Gasteiger partial charge in [0, 0.05) is 0 Å². The van der Waals surface area contributed by atoms with E-state index in [0.717, 1.165) is 42.4 Å². The van der Waals surface area contributed by atoms with Crippen LogP contribution in [0.1, 0.15) is 99.3 Å². The first-order chi connectivity index (χ1) is 14.1. The fourth-order valence-corrected chi connectivity index (χ4v) is 9.06.